The smallest absolute Gasteiger partial charge is 0.222 e. The maximum Gasteiger partial charge on any atom is 0.538 e. The number of hydrogen-bond acceptors (Lipinski definition) is 6. The molecule has 0 spiro atoms. The summed E-state index contributed by atoms with van der Waals surface area (Å²) in [6, 6.07) is 3.56. The second-order valence-electron chi connectivity index (χ2n) is 2.90. The third-order valence-corrected chi connectivity index (χ3v) is 6.27. The Balaban J connectivity index is 2.02. The maximum atomic E-state index is 11.3. The second-order valence-corrected chi connectivity index (χ2v) is 6.72. The van der Waals surface area contributed by atoms with E-state index in [0.717, 1.165) is 18.8 Å². The highest BCUT2D eigenvalue weighted by Gasteiger charge is 2.60. The molecule has 86 valence electrons. The number of hydrogen-bond donors (Lipinski definition) is 0. The van der Waals surface area contributed by atoms with E-state index in [4.69, 9.17) is 13.9 Å². The Morgan fingerprint density at radius 1 is 1.06 bits per heavy atom. The van der Waals surface area contributed by atoms with Gasteiger partial charge in [-0.15, -0.1) is 19.0 Å². The van der Waals surface area contributed by atoms with Crippen molar-refractivity contribution in [2.75, 3.05) is 5.17 Å². The van der Waals surface area contributed by atoms with E-state index in [9.17, 15) is 4.57 Å². The van der Waals surface area contributed by atoms with E-state index in [1.54, 1.807) is 12.1 Å². The Hall–Kier alpha value is 0.530. The first kappa shape index (κ1) is 11.6. The molecule has 0 saturated carbocycles. The first-order chi connectivity index (χ1) is 7.50. The molecule has 0 aliphatic carbocycles. The summed E-state index contributed by atoms with van der Waals surface area (Å²) in [5, 5.41) is 2.09. The molecule has 4 rings (SSSR count). The average molecular weight is 437 g/mol. The van der Waals surface area contributed by atoms with E-state index in [-0.39, 0.29) is 0 Å². The van der Waals surface area contributed by atoms with Gasteiger partial charge in [0.15, 0.2) is 0 Å². The molecule has 2 bridgehead atoms. The Bertz CT molecular complexity index is 517. The zero-order chi connectivity index (χ0) is 11.5. The zero-order valence-electron chi connectivity index (χ0n) is 7.26. The van der Waals surface area contributed by atoms with Gasteiger partial charge in [-0.3, -0.25) is 0 Å². The molecular weight excluding hydrogens is 435 g/mol. The fourth-order valence-electron chi connectivity index (χ4n) is 1.19. The van der Waals surface area contributed by atoms with Gasteiger partial charge in [0.05, 0.1) is 9.81 Å². The van der Waals surface area contributed by atoms with Crippen molar-refractivity contribution in [3.05, 3.63) is 25.6 Å². The normalized spacial score (nSPS) is 31.7. The van der Waals surface area contributed by atoms with Gasteiger partial charge < -0.3 is 0 Å². The van der Waals surface area contributed by atoms with Gasteiger partial charge in [-0.2, -0.15) is 0 Å². The highest BCUT2D eigenvalue weighted by molar-refractivity contribution is 9.14. The van der Waals surface area contributed by atoms with Crippen molar-refractivity contribution in [3.8, 4) is 0 Å². The standard InChI is InChI=1S/C6H2Br3N2O4P/c7-3-1-2-4(6(9)5(3)8)10-11-14-16(12,13-10)15-11/h1-2H. The van der Waals surface area contributed by atoms with Crippen molar-refractivity contribution in [1.29, 1.82) is 0 Å². The van der Waals surface area contributed by atoms with Crippen LogP contribution in [0.25, 0.3) is 0 Å². The predicted molar refractivity (Wildman–Crippen MR) is 64.7 cm³/mol. The highest BCUT2D eigenvalue weighted by Crippen LogP contribution is 2.67. The van der Waals surface area contributed by atoms with Crippen molar-refractivity contribution in [2.45, 2.75) is 0 Å². The largest absolute Gasteiger partial charge is 0.538 e. The van der Waals surface area contributed by atoms with Crippen LogP contribution in [-0.2, 0) is 18.4 Å². The fraction of sp³-hybridized carbons (Fsp3) is 0. The van der Waals surface area contributed by atoms with Gasteiger partial charge in [0, 0.05) is 8.95 Å². The molecule has 0 radical (unpaired) electrons. The summed E-state index contributed by atoms with van der Waals surface area (Å²) in [6.45, 7) is 0. The minimum atomic E-state index is -3.36. The number of anilines is 1. The number of phosphoric acid groups is 1. The molecule has 10 heteroatoms. The SMILES string of the molecule is O=P12ON(O1)N(c1ccc(Br)c(Br)c1Br)O2. The Labute approximate surface area is 115 Å². The molecule has 6 nitrogen and oxygen atoms in total. The summed E-state index contributed by atoms with van der Waals surface area (Å²) in [6.07, 6.45) is 0. The van der Waals surface area contributed by atoms with Crippen molar-refractivity contribution in [3.63, 3.8) is 0 Å². The van der Waals surface area contributed by atoms with Gasteiger partial charge in [-0.1, -0.05) is 0 Å². The third-order valence-electron chi connectivity index (χ3n) is 1.89. The van der Waals surface area contributed by atoms with E-state index >= 15 is 0 Å². The predicted octanol–water partition coefficient (Wildman–Crippen LogP) is 3.93. The Morgan fingerprint density at radius 2 is 1.75 bits per heavy atom. The van der Waals surface area contributed by atoms with Crippen LogP contribution in [0.3, 0.4) is 0 Å². The Morgan fingerprint density at radius 3 is 2.31 bits per heavy atom. The molecule has 1 aromatic carbocycles. The number of hydrazine groups is 1. The maximum absolute atomic E-state index is 11.3. The van der Waals surface area contributed by atoms with Crippen LogP contribution in [0.2, 0.25) is 0 Å². The lowest BCUT2D eigenvalue weighted by Gasteiger charge is -2.22. The quantitative estimate of drug-likeness (QED) is 0.491. The molecule has 0 N–H and O–H groups in total. The van der Waals surface area contributed by atoms with Gasteiger partial charge >= 0.3 is 7.82 Å². The molecule has 3 heterocycles. The highest BCUT2D eigenvalue weighted by atomic mass is 79.9. The fourth-order valence-corrected chi connectivity index (χ4v) is 3.51. The van der Waals surface area contributed by atoms with E-state index in [1.165, 1.54) is 5.17 Å². The lowest BCUT2D eigenvalue weighted by atomic mass is 10.3. The van der Waals surface area contributed by atoms with Gasteiger partial charge in [0.1, 0.15) is 5.69 Å². The summed E-state index contributed by atoms with van der Waals surface area (Å²) in [5.41, 5.74) is 0.602. The molecule has 3 aliphatic heterocycles. The van der Waals surface area contributed by atoms with E-state index in [1.807, 2.05) is 0 Å². The monoisotopic (exact) mass is 434 g/mol. The van der Waals surface area contributed by atoms with Crippen LogP contribution >= 0.6 is 55.6 Å². The topological polar surface area (TPSA) is 51.2 Å². The van der Waals surface area contributed by atoms with Crippen LogP contribution in [0.4, 0.5) is 5.69 Å². The molecular formula is C6H2Br3N2O4P. The molecule has 1 aromatic rings. The van der Waals surface area contributed by atoms with E-state index in [0.29, 0.717) is 5.69 Å². The number of rotatable bonds is 1. The van der Waals surface area contributed by atoms with Crippen LogP contribution in [0.15, 0.2) is 25.6 Å². The van der Waals surface area contributed by atoms with Crippen molar-refractivity contribution < 1.29 is 18.4 Å². The minimum absolute atomic E-state index is 0.602. The second kappa shape index (κ2) is 3.76. The molecule has 3 aliphatic rings. The average Bonchev–Trinajstić information content (AvgIpc) is 2.67. The first-order valence-electron chi connectivity index (χ1n) is 3.93. The molecule has 16 heavy (non-hydrogen) atoms. The summed E-state index contributed by atoms with van der Waals surface area (Å²) in [4.78, 5) is 0. The van der Waals surface area contributed by atoms with Gasteiger partial charge in [0.2, 0.25) is 0 Å². The molecule has 3 fully saturated rings. The third kappa shape index (κ3) is 1.62. The van der Waals surface area contributed by atoms with Crippen LogP contribution in [0.5, 0.6) is 0 Å². The number of fused-ring (bicyclic) bond motifs is 1. The van der Waals surface area contributed by atoms with Crippen molar-refractivity contribution >= 4 is 61.3 Å². The summed E-state index contributed by atoms with van der Waals surface area (Å²) in [7, 11) is -3.36. The molecule has 0 amide bonds. The minimum Gasteiger partial charge on any atom is -0.222 e. The molecule has 0 aromatic heterocycles. The molecule has 0 atom stereocenters. The Kier molecular flexibility index (Phi) is 2.73. The van der Waals surface area contributed by atoms with E-state index < -0.39 is 7.82 Å². The number of nitrogens with zero attached hydrogens (tertiary/aromatic N) is 2. The van der Waals surface area contributed by atoms with Crippen LogP contribution in [-0.4, -0.2) is 5.34 Å². The van der Waals surface area contributed by atoms with Gasteiger partial charge in [0.25, 0.3) is 0 Å². The summed E-state index contributed by atoms with van der Waals surface area (Å²) < 4.78 is 28.2. The number of halogens is 3. The number of benzene rings is 1. The van der Waals surface area contributed by atoms with E-state index in [2.05, 4.69) is 47.8 Å². The van der Waals surface area contributed by atoms with Crippen LogP contribution in [0.1, 0.15) is 0 Å². The van der Waals surface area contributed by atoms with Crippen molar-refractivity contribution in [2.24, 2.45) is 0 Å². The van der Waals surface area contributed by atoms with Crippen LogP contribution < -0.4 is 5.17 Å². The van der Waals surface area contributed by atoms with Gasteiger partial charge in [-0.05, 0) is 59.9 Å². The lowest BCUT2D eigenvalue weighted by Crippen LogP contribution is -2.34. The van der Waals surface area contributed by atoms with Crippen molar-refractivity contribution in [1.82, 2.24) is 5.34 Å². The van der Waals surface area contributed by atoms with Gasteiger partial charge in [-0.25, -0.2) is 4.57 Å². The molecule has 0 unspecified atom stereocenters. The van der Waals surface area contributed by atoms with Crippen LogP contribution in [0, 0.1) is 0 Å². The lowest BCUT2D eigenvalue weighted by molar-refractivity contribution is -0.318. The first-order valence-corrected chi connectivity index (χ1v) is 7.77. The summed E-state index contributed by atoms with van der Waals surface area (Å²) >= 11 is 10.1. The zero-order valence-corrected chi connectivity index (χ0v) is 12.9. The molecule has 3 saturated heterocycles. The summed E-state index contributed by atoms with van der Waals surface area (Å²) in [5.74, 6) is 0.